The van der Waals surface area contributed by atoms with Crippen molar-refractivity contribution in [3.05, 3.63) is 59.7 Å². The van der Waals surface area contributed by atoms with Crippen molar-refractivity contribution in [3.8, 4) is 0 Å². The molecule has 0 saturated heterocycles. The quantitative estimate of drug-likeness (QED) is 0.552. The summed E-state index contributed by atoms with van der Waals surface area (Å²) < 4.78 is 20.2. The number of carbonyl (C=O) groups excluding carboxylic acids is 2. The number of nitrogens with zero attached hydrogens (tertiary/aromatic N) is 4. The van der Waals surface area contributed by atoms with Crippen LogP contribution in [0, 0.1) is 11.7 Å². The Balaban J connectivity index is 1.53. The number of carbonyl (C=O) groups is 2. The first-order chi connectivity index (χ1) is 15.0. The Morgan fingerprint density at radius 1 is 1.32 bits per heavy atom. The lowest BCUT2D eigenvalue weighted by molar-refractivity contribution is -0.148. The van der Waals surface area contributed by atoms with Gasteiger partial charge in [-0.1, -0.05) is 6.08 Å². The minimum atomic E-state index is -0.851. The predicted molar refractivity (Wildman–Crippen MR) is 109 cm³/mol. The normalized spacial score (nSPS) is 13.7. The van der Waals surface area contributed by atoms with Crippen molar-refractivity contribution in [3.63, 3.8) is 0 Å². The van der Waals surface area contributed by atoms with Crippen molar-refractivity contribution >= 4 is 28.4 Å². The van der Waals surface area contributed by atoms with Crippen molar-refractivity contribution in [2.75, 3.05) is 13.7 Å². The second kappa shape index (κ2) is 8.73. The Morgan fingerprint density at radius 3 is 2.94 bits per heavy atom. The van der Waals surface area contributed by atoms with Crippen LogP contribution in [-0.2, 0) is 27.3 Å². The number of aryl methyl sites for hydroxylation is 1. The number of pyridine rings is 1. The van der Waals surface area contributed by atoms with Gasteiger partial charge >= 0.3 is 5.97 Å². The van der Waals surface area contributed by atoms with Crippen LogP contribution in [0.3, 0.4) is 0 Å². The number of aliphatic hydroxyl groups is 1. The summed E-state index contributed by atoms with van der Waals surface area (Å²) in [6.07, 6.45) is 7.16. The van der Waals surface area contributed by atoms with Gasteiger partial charge in [0.1, 0.15) is 23.6 Å². The van der Waals surface area contributed by atoms with E-state index in [1.807, 2.05) is 22.9 Å². The SMILES string of the molecule is COC(=O)[C@H](CO)CC(=O)CCn1ccc2c(C3=CCc4ncc(F)cc43)ncnc21. The van der Waals surface area contributed by atoms with Gasteiger partial charge in [0.05, 0.1) is 37.2 Å². The molecule has 0 aliphatic heterocycles. The molecule has 31 heavy (non-hydrogen) atoms. The zero-order valence-electron chi connectivity index (χ0n) is 16.9. The van der Waals surface area contributed by atoms with E-state index in [1.54, 1.807) is 0 Å². The van der Waals surface area contributed by atoms with Crippen LogP contribution in [0.2, 0.25) is 0 Å². The molecule has 4 rings (SSSR count). The fourth-order valence-corrected chi connectivity index (χ4v) is 3.81. The van der Waals surface area contributed by atoms with E-state index >= 15 is 0 Å². The second-order valence-electron chi connectivity index (χ2n) is 7.33. The third kappa shape index (κ3) is 4.09. The number of methoxy groups -OCH3 is 1. The number of Topliss-reactive ketones (excluding diaryl/α,β-unsaturated/α-hetero) is 1. The van der Waals surface area contributed by atoms with Gasteiger partial charge in [-0.15, -0.1) is 0 Å². The average Bonchev–Trinajstić information content (AvgIpc) is 3.39. The summed E-state index contributed by atoms with van der Waals surface area (Å²) in [5.74, 6) is -2.01. The van der Waals surface area contributed by atoms with Crippen LogP contribution >= 0.6 is 0 Å². The van der Waals surface area contributed by atoms with Crippen LogP contribution < -0.4 is 0 Å². The predicted octanol–water partition coefficient (Wildman–Crippen LogP) is 2.08. The van der Waals surface area contributed by atoms with E-state index in [2.05, 4.69) is 19.7 Å². The minimum Gasteiger partial charge on any atom is -0.469 e. The first-order valence-corrected chi connectivity index (χ1v) is 9.87. The van der Waals surface area contributed by atoms with Gasteiger partial charge in [0.25, 0.3) is 0 Å². The minimum absolute atomic E-state index is 0.0785. The molecule has 0 saturated carbocycles. The Bertz CT molecular complexity index is 1190. The van der Waals surface area contributed by atoms with E-state index in [9.17, 15) is 19.1 Å². The van der Waals surface area contributed by atoms with Gasteiger partial charge in [0.15, 0.2) is 0 Å². The van der Waals surface area contributed by atoms with E-state index in [4.69, 9.17) is 0 Å². The number of rotatable bonds is 8. The molecular weight excluding hydrogens is 403 g/mol. The number of ketones is 1. The first-order valence-electron chi connectivity index (χ1n) is 9.87. The Morgan fingerprint density at radius 2 is 2.16 bits per heavy atom. The number of hydrogen-bond acceptors (Lipinski definition) is 7. The standard InChI is InChI=1S/C22H21FN4O4/c1-31-22(30)13(11-28)8-15(29)4-6-27-7-5-17-20(25-12-26-21(17)27)16-2-3-19-18(16)9-14(23)10-24-19/h2,5,7,9-10,12-13,28H,3-4,6,8,11H2,1H3/t13-/m0/s1. The molecule has 3 aromatic rings. The summed E-state index contributed by atoms with van der Waals surface area (Å²) in [4.78, 5) is 36.8. The molecule has 160 valence electrons. The number of fused-ring (bicyclic) bond motifs is 2. The van der Waals surface area contributed by atoms with Gasteiger partial charge in [-0.2, -0.15) is 0 Å². The van der Waals surface area contributed by atoms with Crippen LogP contribution in [0.15, 0.2) is 36.9 Å². The number of allylic oxidation sites excluding steroid dienone is 1. The van der Waals surface area contributed by atoms with Gasteiger partial charge in [0.2, 0.25) is 0 Å². The fourth-order valence-electron chi connectivity index (χ4n) is 3.81. The summed E-state index contributed by atoms with van der Waals surface area (Å²) in [6.45, 7) is -0.0720. The molecule has 1 N–H and O–H groups in total. The van der Waals surface area contributed by atoms with Gasteiger partial charge in [-0.3, -0.25) is 14.6 Å². The molecule has 8 nitrogen and oxygen atoms in total. The van der Waals surface area contributed by atoms with Crippen LogP contribution in [0.4, 0.5) is 4.39 Å². The smallest absolute Gasteiger partial charge is 0.311 e. The van der Waals surface area contributed by atoms with Crippen molar-refractivity contribution in [2.24, 2.45) is 5.92 Å². The molecule has 0 aromatic carbocycles. The largest absolute Gasteiger partial charge is 0.469 e. The average molecular weight is 424 g/mol. The van der Waals surface area contributed by atoms with E-state index in [1.165, 1.54) is 25.7 Å². The van der Waals surface area contributed by atoms with E-state index < -0.39 is 24.3 Å². The van der Waals surface area contributed by atoms with Crippen LogP contribution in [-0.4, -0.2) is 50.1 Å². The van der Waals surface area contributed by atoms with E-state index in [-0.39, 0.29) is 18.6 Å². The highest BCUT2D eigenvalue weighted by molar-refractivity contribution is 5.95. The van der Waals surface area contributed by atoms with Crippen molar-refractivity contribution < 1.29 is 23.8 Å². The number of hydrogen-bond donors (Lipinski definition) is 1. The van der Waals surface area contributed by atoms with Crippen LogP contribution in [0.5, 0.6) is 0 Å². The summed E-state index contributed by atoms with van der Waals surface area (Å²) >= 11 is 0. The third-order valence-electron chi connectivity index (χ3n) is 5.40. The Hall–Kier alpha value is -3.46. The zero-order chi connectivity index (χ0) is 22.0. The van der Waals surface area contributed by atoms with Gasteiger partial charge in [-0.05, 0) is 12.1 Å². The molecule has 0 unspecified atom stereocenters. The molecule has 3 heterocycles. The molecule has 9 heteroatoms. The lowest BCUT2D eigenvalue weighted by Crippen LogP contribution is -2.23. The Labute approximate surface area is 177 Å². The molecule has 0 radical (unpaired) electrons. The van der Waals surface area contributed by atoms with E-state index in [0.717, 1.165) is 22.2 Å². The van der Waals surface area contributed by atoms with Gasteiger partial charge < -0.3 is 14.4 Å². The van der Waals surface area contributed by atoms with Gasteiger partial charge in [-0.25, -0.2) is 14.4 Å². The highest BCUT2D eigenvalue weighted by atomic mass is 19.1. The lowest BCUT2D eigenvalue weighted by Gasteiger charge is -2.11. The highest BCUT2D eigenvalue weighted by Gasteiger charge is 2.23. The van der Waals surface area contributed by atoms with Crippen molar-refractivity contribution in [1.29, 1.82) is 0 Å². The fraction of sp³-hybridized carbons (Fsp3) is 0.318. The maximum atomic E-state index is 13.7. The summed E-state index contributed by atoms with van der Waals surface area (Å²) in [5.41, 5.74) is 3.68. The molecule has 0 bridgehead atoms. The zero-order valence-corrected chi connectivity index (χ0v) is 16.9. The van der Waals surface area contributed by atoms with Crippen molar-refractivity contribution in [1.82, 2.24) is 19.5 Å². The highest BCUT2D eigenvalue weighted by Crippen LogP contribution is 2.34. The summed E-state index contributed by atoms with van der Waals surface area (Å²) in [6, 6.07) is 3.33. The lowest BCUT2D eigenvalue weighted by atomic mass is 10.0. The number of aliphatic hydroxyl groups excluding tert-OH is 1. The van der Waals surface area contributed by atoms with Crippen LogP contribution in [0.1, 0.15) is 29.8 Å². The maximum absolute atomic E-state index is 13.7. The molecule has 0 spiro atoms. The summed E-state index contributed by atoms with van der Waals surface area (Å²) in [7, 11) is 1.22. The Kier molecular flexibility index (Phi) is 5.85. The first kappa shape index (κ1) is 20.8. The number of esters is 1. The molecule has 0 amide bonds. The maximum Gasteiger partial charge on any atom is 0.311 e. The summed E-state index contributed by atoms with van der Waals surface area (Å²) in [5, 5.41) is 10.1. The number of ether oxygens (including phenoxy) is 1. The molecule has 1 aliphatic rings. The van der Waals surface area contributed by atoms with E-state index in [0.29, 0.717) is 24.3 Å². The number of aromatic nitrogens is 4. The van der Waals surface area contributed by atoms with Gasteiger partial charge in [0, 0.05) is 48.5 Å². The second-order valence-corrected chi connectivity index (χ2v) is 7.33. The van der Waals surface area contributed by atoms with Crippen molar-refractivity contribution in [2.45, 2.75) is 25.8 Å². The van der Waals surface area contributed by atoms with Crippen LogP contribution in [0.25, 0.3) is 16.6 Å². The third-order valence-corrected chi connectivity index (χ3v) is 5.40. The molecule has 1 atom stereocenters. The molecular formula is C22H21FN4O4. The molecule has 1 aliphatic carbocycles. The monoisotopic (exact) mass is 424 g/mol. The topological polar surface area (TPSA) is 107 Å². The molecule has 3 aromatic heterocycles. The molecule has 0 fully saturated rings. The number of halogens is 1.